The molecule has 0 bridgehead atoms. The van der Waals surface area contributed by atoms with Crippen LogP contribution in [0.4, 0.5) is 11.4 Å². The lowest BCUT2D eigenvalue weighted by atomic mass is 9.76. The highest BCUT2D eigenvalue weighted by Gasteiger charge is 2.50. The van der Waals surface area contributed by atoms with E-state index in [1.807, 2.05) is 0 Å². The summed E-state index contributed by atoms with van der Waals surface area (Å²) in [7, 11) is 1.27. The maximum atomic E-state index is 13.0. The smallest absolute Gasteiger partial charge is 0.338 e. The fraction of sp³-hybridized carbons (Fsp3) is 0.346. The Bertz CT molecular complexity index is 1170. The van der Waals surface area contributed by atoms with Gasteiger partial charge in [-0.05, 0) is 67.6 Å². The lowest BCUT2D eigenvalue weighted by Crippen LogP contribution is -2.31. The second-order valence-electron chi connectivity index (χ2n) is 8.89. The molecule has 4 rings (SSSR count). The van der Waals surface area contributed by atoms with Gasteiger partial charge in [0.2, 0.25) is 11.8 Å². The summed E-state index contributed by atoms with van der Waals surface area (Å²) >= 11 is 0. The lowest BCUT2D eigenvalue weighted by molar-refractivity contribution is -0.122. The Morgan fingerprint density at radius 1 is 0.943 bits per heavy atom. The summed E-state index contributed by atoms with van der Waals surface area (Å²) in [6.07, 6.45) is 2.29. The summed E-state index contributed by atoms with van der Waals surface area (Å²) in [4.78, 5) is 63.2. The van der Waals surface area contributed by atoms with Gasteiger partial charge in [0, 0.05) is 5.69 Å². The van der Waals surface area contributed by atoms with Crippen molar-refractivity contribution in [3.8, 4) is 0 Å². The van der Waals surface area contributed by atoms with Crippen LogP contribution in [-0.2, 0) is 23.9 Å². The average molecular weight is 479 g/mol. The summed E-state index contributed by atoms with van der Waals surface area (Å²) in [5.41, 5.74) is 1.20. The van der Waals surface area contributed by atoms with E-state index in [1.165, 1.54) is 48.4 Å². The molecule has 1 saturated carbocycles. The molecule has 1 aliphatic carbocycles. The average Bonchev–Trinajstić information content (AvgIpc) is 3.11. The number of hydrogen-bond acceptors (Lipinski definition) is 7. The first-order valence-electron chi connectivity index (χ1n) is 11.4. The molecule has 9 heteroatoms. The number of carbonyl (C=O) groups is 5. The van der Waals surface area contributed by atoms with Crippen LogP contribution in [0.25, 0.3) is 0 Å². The number of amides is 3. The van der Waals surface area contributed by atoms with E-state index < -0.39 is 24.5 Å². The third-order valence-electron chi connectivity index (χ3n) is 6.45. The number of rotatable bonds is 6. The van der Waals surface area contributed by atoms with E-state index >= 15 is 0 Å². The molecule has 1 heterocycles. The van der Waals surface area contributed by atoms with E-state index in [-0.39, 0.29) is 29.2 Å². The molecule has 3 amide bonds. The van der Waals surface area contributed by atoms with E-state index in [4.69, 9.17) is 4.74 Å². The van der Waals surface area contributed by atoms with Gasteiger partial charge in [-0.1, -0.05) is 13.0 Å². The highest BCUT2D eigenvalue weighted by Crippen LogP contribution is 2.42. The van der Waals surface area contributed by atoms with Crippen molar-refractivity contribution in [3.05, 3.63) is 59.7 Å². The summed E-state index contributed by atoms with van der Waals surface area (Å²) in [5.74, 6) is -2.50. The molecule has 0 aromatic heterocycles. The van der Waals surface area contributed by atoms with E-state index in [0.717, 1.165) is 6.42 Å². The van der Waals surface area contributed by atoms with Crippen molar-refractivity contribution in [1.82, 2.24) is 0 Å². The topological polar surface area (TPSA) is 119 Å². The van der Waals surface area contributed by atoms with E-state index in [1.54, 1.807) is 12.1 Å². The van der Waals surface area contributed by atoms with Crippen molar-refractivity contribution in [3.63, 3.8) is 0 Å². The standard InChI is InChI=1S/C26H26N2O7/c1-15-6-11-20-21(12-15)24(31)28(23(20)30)19-5-3-4-17(13-19)26(33)35-14-22(29)27-18-9-7-16(8-10-18)25(32)34-2/h3-5,7-10,13,15,20-21H,6,11-12,14H2,1-2H3,(H,27,29)/t15-,20-,21-/m1/s1. The number of carbonyl (C=O) groups excluding carboxylic acids is 5. The number of ether oxygens (including phenoxy) is 2. The molecular formula is C26H26N2O7. The monoisotopic (exact) mass is 478 g/mol. The first-order chi connectivity index (χ1) is 16.8. The fourth-order valence-electron chi connectivity index (χ4n) is 4.64. The summed E-state index contributed by atoms with van der Waals surface area (Å²) in [6, 6.07) is 12.2. The third kappa shape index (κ3) is 5.08. The van der Waals surface area contributed by atoms with E-state index in [9.17, 15) is 24.0 Å². The molecule has 182 valence electrons. The number of hydrogen-bond donors (Lipinski definition) is 1. The van der Waals surface area contributed by atoms with Gasteiger partial charge in [-0.15, -0.1) is 0 Å². The molecule has 0 unspecified atom stereocenters. The van der Waals surface area contributed by atoms with Crippen LogP contribution in [-0.4, -0.2) is 43.4 Å². The van der Waals surface area contributed by atoms with Crippen molar-refractivity contribution in [2.24, 2.45) is 17.8 Å². The zero-order valence-corrected chi connectivity index (χ0v) is 19.5. The first-order valence-corrected chi connectivity index (χ1v) is 11.4. The minimum Gasteiger partial charge on any atom is -0.465 e. The van der Waals surface area contributed by atoms with Crippen molar-refractivity contribution < 1.29 is 33.4 Å². The number of nitrogens with one attached hydrogen (secondary N) is 1. The number of methoxy groups -OCH3 is 1. The molecule has 2 aromatic carbocycles. The Labute approximate surface area is 202 Å². The lowest BCUT2D eigenvalue weighted by Gasteiger charge is -2.25. The molecule has 1 N–H and O–H groups in total. The van der Waals surface area contributed by atoms with Crippen LogP contribution >= 0.6 is 0 Å². The molecule has 9 nitrogen and oxygen atoms in total. The minimum atomic E-state index is -0.756. The number of fused-ring (bicyclic) bond motifs is 1. The number of esters is 2. The van der Waals surface area contributed by atoms with Gasteiger partial charge in [-0.3, -0.25) is 19.3 Å². The summed E-state index contributed by atoms with van der Waals surface area (Å²) in [6.45, 7) is 1.55. The summed E-state index contributed by atoms with van der Waals surface area (Å²) < 4.78 is 9.73. The molecule has 2 aliphatic rings. The van der Waals surface area contributed by atoms with Crippen LogP contribution in [0.15, 0.2) is 48.5 Å². The van der Waals surface area contributed by atoms with Gasteiger partial charge in [-0.2, -0.15) is 0 Å². The molecule has 1 aliphatic heterocycles. The molecule has 2 fully saturated rings. The van der Waals surface area contributed by atoms with Crippen LogP contribution < -0.4 is 10.2 Å². The minimum absolute atomic E-state index is 0.126. The molecule has 2 aromatic rings. The zero-order valence-electron chi connectivity index (χ0n) is 19.5. The quantitative estimate of drug-likeness (QED) is 0.500. The Morgan fingerprint density at radius 3 is 2.37 bits per heavy atom. The van der Waals surface area contributed by atoms with Crippen molar-refractivity contribution in [2.75, 3.05) is 23.9 Å². The number of nitrogens with zero attached hydrogens (tertiary/aromatic N) is 1. The molecule has 0 spiro atoms. The van der Waals surface area contributed by atoms with Gasteiger partial charge in [0.25, 0.3) is 5.91 Å². The molecule has 0 radical (unpaired) electrons. The third-order valence-corrected chi connectivity index (χ3v) is 6.45. The normalized spacial score (nSPS) is 21.3. The largest absolute Gasteiger partial charge is 0.465 e. The fourth-order valence-corrected chi connectivity index (χ4v) is 4.64. The Balaban J connectivity index is 1.37. The van der Waals surface area contributed by atoms with Crippen LogP contribution in [0.1, 0.15) is 46.9 Å². The SMILES string of the molecule is COC(=O)c1ccc(NC(=O)COC(=O)c2cccc(N3C(=O)[C@@H]4CC[C@@H](C)C[C@H]4C3=O)c2)cc1. The maximum Gasteiger partial charge on any atom is 0.338 e. The van der Waals surface area contributed by atoms with Crippen molar-refractivity contribution in [1.29, 1.82) is 0 Å². The van der Waals surface area contributed by atoms with Gasteiger partial charge >= 0.3 is 11.9 Å². The first kappa shape index (κ1) is 24.1. The highest BCUT2D eigenvalue weighted by atomic mass is 16.5. The summed E-state index contributed by atoms with van der Waals surface area (Å²) in [5, 5.41) is 2.57. The molecule has 1 saturated heterocycles. The van der Waals surface area contributed by atoms with Crippen LogP contribution in [0.2, 0.25) is 0 Å². The van der Waals surface area contributed by atoms with Crippen molar-refractivity contribution >= 4 is 41.0 Å². The van der Waals surface area contributed by atoms with Crippen LogP contribution in [0.3, 0.4) is 0 Å². The Morgan fingerprint density at radius 2 is 1.66 bits per heavy atom. The number of imide groups is 1. The predicted molar refractivity (Wildman–Crippen MR) is 126 cm³/mol. The van der Waals surface area contributed by atoms with Crippen LogP contribution in [0, 0.1) is 17.8 Å². The molecular weight excluding hydrogens is 452 g/mol. The zero-order chi connectivity index (χ0) is 25.1. The highest BCUT2D eigenvalue weighted by molar-refractivity contribution is 6.22. The van der Waals surface area contributed by atoms with Crippen molar-refractivity contribution in [2.45, 2.75) is 26.2 Å². The predicted octanol–water partition coefficient (Wildman–Crippen LogP) is 3.19. The number of benzene rings is 2. The van der Waals surface area contributed by atoms with Gasteiger partial charge in [0.1, 0.15) is 0 Å². The molecule has 35 heavy (non-hydrogen) atoms. The number of anilines is 2. The second-order valence-corrected chi connectivity index (χ2v) is 8.89. The van der Waals surface area contributed by atoms with Gasteiger partial charge in [0.15, 0.2) is 6.61 Å². The maximum absolute atomic E-state index is 13.0. The Kier molecular flexibility index (Phi) is 6.95. The second kappa shape index (κ2) is 10.1. The molecule has 3 atom stereocenters. The van der Waals surface area contributed by atoms with Crippen LogP contribution in [0.5, 0.6) is 0 Å². The van der Waals surface area contributed by atoms with E-state index in [2.05, 4.69) is 17.0 Å². The van der Waals surface area contributed by atoms with Gasteiger partial charge in [-0.25, -0.2) is 9.59 Å². The van der Waals surface area contributed by atoms with Gasteiger partial charge in [0.05, 0.1) is 35.8 Å². The van der Waals surface area contributed by atoms with E-state index in [0.29, 0.717) is 35.7 Å². The Hall–Kier alpha value is -4.01. The van der Waals surface area contributed by atoms with Gasteiger partial charge < -0.3 is 14.8 Å².